The molecule has 1 saturated carbocycles. The van der Waals surface area contributed by atoms with E-state index in [4.69, 9.17) is 5.11 Å². The maximum atomic E-state index is 11.1. The van der Waals surface area contributed by atoms with Gasteiger partial charge in [0.1, 0.15) is 0 Å². The Balaban J connectivity index is 1.86. The van der Waals surface area contributed by atoms with Crippen LogP contribution < -0.4 is 10.6 Å². The van der Waals surface area contributed by atoms with Crippen LogP contribution in [0.4, 0.5) is 0 Å². The van der Waals surface area contributed by atoms with Crippen molar-refractivity contribution < 1.29 is 9.90 Å². The van der Waals surface area contributed by atoms with Crippen molar-refractivity contribution in [2.45, 2.75) is 25.9 Å². The molecule has 1 aliphatic carbocycles. The van der Waals surface area contributed by atoms with E-state index in [2.05, 4.69) is 10.6 Å². The minimum atomic E-state index is -0.320. The van der Waals surface area contributed by atoms with Gasteiger partial charge in [-0.25, -0.2) is 0 Å². The Hall–Kier alpha value is -0.610. The number of hydrogen-bond acceptors (Lipinski definition) is 3. The second-order valence-electron chi connectivity index (χ2n) is 3.62. The van der Waals surface area contributed by atoms with Crippen molar-refractivity contribution >= 4 is 5.91 Å². The number of aliphatic hydroxyl groups is 1. The van der Waals surface area contributed by atoms with Crippen LogP contribution in [0.5, 0.6) is 0 Å². The Morgan fingerprint density at radius 1 is 1.54 bits per heavy atom. The summed E-state index contributed by atoms with van der Waals surface area (Å²) >= 11 is 0. The van der Waals surface area contributed by atoms with Gasteiger partial charge in [-0.15, -0.1) is 0 Å². The maximum absolute atomic E-state index is 11.1. The van der Waals surface area contributed by atoms with Crippen molar-refractivity contribution in [1.29, 1.82) is 0 Å². The van der Waals surface area contributed by atoms with Crippen molar-refractivity contribution in [3.05, 3.63) is 0 Å². The molecule has 4 nitrogen and oxygen atoms in total. The van der Waals surface area contributed by atoms with Crippen LogP contribution >= 0.6 is 0 Å². The molecule has 0 aromatic heterocycles. The number of rotatable bonds is 6. The van der Waals surface area contributed by atoms with Gasteiger partial charge in [-0.3, -0.25) is 4.79 Å². The monoisotopic (exact) mass is 186 g/mol. The second-order valence-corrected chi connectivity index (χ2v) is 3.62. The van der Waals surface area contributed by atoms with Crippen molar-refractivity contribution in [3.8, 4) is 0 Å². The highest BCUT2D eigenvalue weighted by atomic mass is 16.3. The summed E-state index contributed by atoms with van der Waals surface area (Å²) < 4.78 is 0. The van der Waals surface area contributed by atoms with E-state index < -0.39 is 0 Å². The highest BCUT2D eigenvalue weighted by Crippen LogP contribution is 2.28. The zero-order chi connectivity index (χ0) is 9.68. The first-order chi connectivity index (χ1) is 6.20. The summed E-state index contributed by atoms with van der Waals surface area (Å²) in [5, 5.41) is 14.8. The summed E-state index contributed by atoms with van der Waals surface area (Å²) in [5.41, 5.74) is 0. The van der Waals surface area contributed by atoms with Crippen LogP contribution in [0.3, 0.4) is 0 Å². The molecule has 0 aromatic carbocycles. The van der Waals surface area contributed by atoms with Crippen molar-refractivity contribution in [2.24, 2.45) is 5.92 Å². The van der Waals surface area contributed by atoms with Crippen molar-refractivity contribution in [1.82, 2.24) is 10.6 Å². The van der Waals surface area contributed by atoms with E-state index in [1.807, 2.05) is 0 Å². The fourth-order valence-electron chi connectivity index (χ4n) is 1.07. The molecule has 0 saturated heterocycles. The van der Waals surface area contributed by atoms with Gasteiger partial charge in [0.15, 0.2) is 0 Å². The third kappa shape index (κ3) is 4.85. The SMILES string of the molecule is C[C@H](O)CNCCNC(=O)C1CC1. The van der Waals surface area contributed by atoms with Gasteiger partial charge in [0.2, 0.25) is 5.91 Å². The molecule has 0 aliphatic heterocycles. The van der Waals surface area contributed by atoms with E-state index in [0.717, 1.165) is 19.4 Å². The number of nitrogens with one attached hydrogen (secondary N) is 2. The van der Waals surface area contributed by atoms with Crippen LogP contribution in [-0.4, -0.2) is 36.8 Å². The summed E-state index contributed by atoms with van der Waals surface area (Å²) in [6.45, 7) is 3.69. The van der Waals surface area contributed by atoms with E-state index >= 15 is 0 Å². The predicted molar refractivity (Wildman–Crippen MR) is 50.3 cm³/mol. The number of carbonyl (C=O) groups is 1. The zero-order valence-electron chi connectivity index (χ0n) is 8.05. The Bertz CT molecular complexity index is 167. The van der Waals surface area contributed by atoms with E-state index in [1.54, 1.807) is 6.92 Å². The summed E-state index contributed by atoms with van der Waals surface area (Å²) in [6.07, 6.45) is 1.78. The molecule has 3 N–H and O–H groups in total. The number of aliphatic hydroxyl groups excluding tert-OH is 1. The Morgan fingerprint density at radius 3 is 2.77 bits per heavy atom. The molecular formula is C9H18N2O2. The fourth-order valence-corrected chi connectivity index (χ4v) is 1.07. The predicted octanol–water partition coefficient (Wildman–Crippen LogP) is -0.517. The summed E-state index contributed by atoms with van der Waals surface area (Å²) in [4.78, 5) is 11.1. The molecule has 0 spiro atoms. The molecule has 4 heteroatoms. The lowest BCUT2D eigenvalue weighted by Gasteiger charge is -2.07. The average Bonchev–Trinajstić information content (AvgIpc) is 2.85. The first-order valence-electron chi connectivity index (χ1n) is 4.86. The van der Waals surface area contributed by atoms with E-state index in [-0.39, 0.29) is 17.9 Å². The lowest BCUT2D eigenvalue weighted by molar-refractivity contribution is -0.122. The smallest absolute Gasteiger partial charge is 0.223 e. The number of amides is 1. The van der Waals surface area contributed by atoms with Gasteiger partial charge in [-0.1, -0.05) is 0 Å². The van der Waals surface area contributed by atoms with Crippen LogP contribution in [0.1, 0.15) is 19.8 Å². The molecule has 0 unspecified atom stereocenters. The lowest BCUT2D eigenvalue weighted by atomic mass is 10.4. The standard InChI is InChI=1S/C9H18N2O2/c1-7(12)6-10-4-5-11-9(13)8-2-3-8/h7-8,10,12H,2-6H2,1H3,(H,11,13)/t7-/m0/s1. The Morgan fingerprint density at radius 2 is 2.23 bits per heavy atom. The molecule has 1 amide bonds. The highest BCUT2D eigenvalue weighted by Gasteiger charge is 2.28. The molecule has 1 rings (SSSR count). The third-order valence-electron chi connectivity index (χ3n) is 1.99. The van der Waals surface area contributed by atoms with Gasteiger partial charge in [-0.05, 0) is 19.8 Å². The van der Waals surface area contributed by atoms with Gasteiger partial charge >= 0.3 is 0 Å². The van der Waals surface area contributed by atoms with Crippen LogP contribution in [0.25, 0.3) is 0 Å². The van der Waals surface area contributed by atoms with E-state index in [0.29, 0.717) is 13.1 Å². The van der Waals surface area contributed by atoms with Gasteiger partial charge in [0.05, 0.1) is 6.10 Å². The zero-order valence-corrected chi connectivity index (χ0v) is 8.05. The van der Waals surface area contributed by atoms with E-state index in [1.165, 1.54) is 0 Å². The quantitative estimate of drug-likeness (QED) is 0.489. The first kappa shape index (κ1) is 10.5. The Kier molecular flexibility index (Phi) is 4.18. The first-order valence-corrected chi connectivity index (χ1v) is 4.86. The van der Waals surface area contributed by atoms with Crippen LogP contribution in [0.15, 0.2) is 0 Å². The molecule has 0 heterocycles. The summed E-state index contributed by atoms with van der Waals surface area (Å²) in [5.74, 6) is 0.468. The Labute approximate surface area is 78.7 Å². The average molecular weight is 186 g/mol. The molecule has 0 aromatic rings. The van der Waals surface area contributed by atoms with Crippen LogP contribution in [0, 0.1) is 5.92 Å². The molecule has 1 aliphatic rings. The van der Waals surface area contributed by atoms with E-state index in [9.17, 15) is 4.79 Å². The van der Waals surface area contributed by atoms with Crippen molar-refractivity contribution in [2.75, 3.05) is 19.6 Å². The van der Waals surface area contributed by atoms with Crippen LogP contribution in [-0.2, 0) is 4.79 Å². The number of hydrogen-bond donors (Lipinski definition) is 3. The van der Waals surface area contributed by atoms with Gasteiger partial charge in [0.25, 0.3) is 0 Å². The molecule has 1 atom stereocenters. The van der Waals surface area contributed by atoms with Crippen LogP contribution in [0.2, 0.25) is 0 Å². The van der Waals surface area contributed by atoms with Gasteiger partial charge < -0.3 is 15.7 Å². The molecule has 0 radical (unpaired) electrons. The maximum Gasteiger partial charge on any atom is 0.223 e. The molecule has 13 heavy (non-hydrogen) atoms. The lowest BCUT2D eigenvalue weighted by Crippen LogP contribution is -2.35. The topological polar surface area (TPSA) is 61.4 Å². The largest absolute Gasteiger partial charge is 0.392 e. The second kappa shape index (κ2) is 5.19. The summed E-state index contributed by atoms with van der Waals surface area (Å²) in [7, 11) is 0. The molecular weight excluding hydrogens is 168 g/mol. The molecule has 0 bridgehead atoms. The minimum absolute atomic E-state index is 0.179. The highest BCUT2D eigenvalue weighted by molar-refractivity contribution is 5.80. The van der Waals surface area contributed by atoms with Gasteiger partial charge in [-0.2, -0.15) is 0 Å². The minimum Gasteiger partial charge on any atom is -0.392 e. The fraction of sp³-hybridized carbons (Fsp3) is 0.889. The normalized spacial score (nSPS) is 18.3. The molecule has 76 valence electrons. The van der Waals surface area contributed by atoms with Gasteiger partial charge in [0, 0.05) is 25.6 Å². The molecule has 1 fully saturated rings. The summed E-state index contributed by atoms with van der Waals surface area (Å²) in [6, 6.07) is 0. The third-order valence-corrected chi connectivity index (χ3v) is 1.99. The number of carbonyl (C=O) groups excluding carboxylic acids is 1. The van der Waals surface area contributed by atoms with Crippen molar-refractivity contribution in [3.63, 3.8) is 0 Å².